The molecule has 1 amide bonds. The molecular weight excluding hydrogens is 366 g/mol. The Kier molecular flexibility index (Phi) is 6.16. The van der Waals surface area contributed by atoms with Crippen LogP contribution in [0, 0.1) is 12.8 Å². The molecule has 2 aromatic rings. The zero-order valence-corrected chi connectivity index (χ0v) is 16.4. The maximum Gasteiger partial charge on any atom is 0.310 e. The van der Waals surface area contributed by atoms with Gasteiger partial charge in [0.25, 0.3) is 5.91 Å². The number of likely N-dealkylation sites (tertiary alicyclic amines) is 1. The van der Waals surface area contributed by atoms with Crippen LogP contribution in [0.25, 0.3) is 0 Å². The topological polar surface area (TPSA) is 64.4 Å². The Labute approximate surface area is 164 Å². The van der Waals surface area contributed by atoms with Crippen molar-refractivity contribution in [3.8, 4) is 0 Å². The minimum absolute atomic E-state index is 0.175. The highest BCUT2D eigenvalue weighted by molar-refractivity contribution is 6.33. The van der Waals surface area contributed by atoms with Crippen LogP contribution in [0.1, 0.15) is 41.4 Å². The predicted molar refractivity (Wildman–Crippen MR) is 103 cm³/mol. The van der Waals surface area contributed by atoms with E-state index < -0.39 is 0 Å². The SMILES string of the molecule is CCOC(=O)C1CCCN(C(=O)c2c(C)nn(Cc3ccccc3)c2Cl)C1. The number of rotatable bonds is 5. The quantitative estimate of drug-likeness (QED) is 0.736. The van der Waals surface area contributed by atoms with Gasteiger partial charge in [-0.2, -0.15) is 5.10 Å². The van der Waals surface area contributed by atoms with E-state index in [1.165, 1.54) is 0 Å². The number of aromatic nitrogens is 2. The number of ether oxygens (including phenoxy) is 1. The summed E-state index contributed by atoms with van der Waals surface area (Å²) in [5, 5.41) is 4.78. The van der Waals surface area contributed by atoms with Crippen LogP contribution >= 0.6 is 11.6 Å². The smallest absolute Gasteiger partial charge is 0.310 e. The number of carbonyl (C=O) groups excluding carboxylic acids is 2. The Morgan fingerprint density at radius 2 is 2.04 bits per heavy atom. The normalized spacial score (nSPS) is 17.0. The van der Waals surface area contributed by atoms with Crippen molar-refractivity contribution in [3.63, 3.8) is 0 Å². The van der Waals surface area contributed by atoms with Crippen LogP contribution in [0.15, 0.2) is 30.3 Å². The summed E-state index contributed by atoms with van der Waals surface area (Å²) in [5.74, 6) is -0.690. The van der Waals surface area contributed by atoms with Crippen LogP contribution in [0.2, 0.25) is 5.15 Å². The van der Waals surface area contributed by atoms with E-state index in [2.05, 4.69) is 5.10 Å². The molecule has 1 aliphatic heterocycles. The van der Waals surface area contributed by atoms with Crippen LogP contribution in [0.5, 0.6) is 0 Å². The van der Waals surface area contributed by atoms with Crippen molar-refractivity contribution in [2.45, 2.75) is 33.2 Å². The first-order valence-electron chi connectivity index (χ1n) is 9.24. The van der Waals surface area contributed by atoms with Gasteiger partial charge in [0.1, 0.15) is 5.15 Å². The second kappa shape index (κ2) is 8.57. The molecule has 2 heterocycles. The monoisotopic (exact) mass is 389 g/mol. The maximum absolute atomic E-state index is 13.1. The lowest BCUT2D eigenvalue weighted by molar-refractivity contribution is -0.149. The minimum atomic E-state index is -0.277. The summed E-state index contributed by atoms with van der Waals surface area (Å²) in [5.41, 5.74) is 2.07. The summed E-state index contributed by atoms with van der Waals surface area (Å²) in [4.78, 5) is 26.8. The number of benzene rings is 1. The van der Waals surface area contributed by atoms with Crippen LogP contribution in [-0.2, 0) is 16.1 Å². The summed E-state index contributed by atoms with van der Waals surface area (Å²) in [7, 11) is 0. The fraction of sp³-hybridized carbons (Fsp3) is 0.450. The fourth-order valence-corrected chi connectivity index (χ4v) is 3.74. The van der Waals surface area contributed by atoms with Crippen molar-refractivity contribution >= 4 is 23.5 Å². The average molecular weight is 390 g/mol. The van der Waals surface area contributed by atoms with E-state index in [1.54, 1.807) is 23.4 Å². The molecule has 1 aromatic carbocycles. The standard InChI is InChI=1S/C20H24ClN3O3/c1-3-27-20(26)16-10-7-11-23(13-16)19(25)17-14(2)22-24(18(17)21)12-15-8-5-4-6-9-15/h4-6,8-9,16H,3,7,10-13H2,1-2H3. The number of carbonyl (C=O) groups is 2. The summed E-state index contributed by atoms with van der Waals surface area (Å²) >= 11 is 6.50. The molecule has 0 aliphatic carbocycles. The Balaban J connectivity index is 1.77. The molecule has 27 heavy (non-hydrogen) atoms. The van der Waals surface area contributed by atoms with E-state index >= 15 is 0 Å². The predicted octanol–water partition coefficient (Wildman–Crippen LogP) is 3.31. The minimum Gasteiger partial charge on any atom is -0.466 e. The summed E-state index contributed by atoms with van der Waals surface area (Å²) in [6, 6.07) is 9.83. The molecule has 3 rings (SSSR count). The second-order valence-electron chi connectivity index (χ2n) is 6.74. The molecule has 1 fully saturated rings. The Bertz CT molecular complexity index is 819. The molecule has 0 N–H and O–H groups in total. The van der Waals surface area contributed by atoms with Gasteiger partial charge in [0.2, 0.25) is 0 Å². The van der Waals surface area contributed by atoms with Gasteiger partial charge in [-0.15, -0.1) is 0 Å². The highest BCUT2D eigenvalue weighted by Crippen LogP contribution is 2.26. The molecule has 0 saturated carbocycles. The lowest BCUT2D eigenvalue weighted by atomic mass is 9.97. The number of amides is 1. The third-order valence-electron chi connectivity index (χ3n) is 4.78. The number of hydrogen-bond acceptors (Lipinski definition) is 4. The number of esters is 1. The second-order valence-corrected chi connectivity index (χ2v) is 7.09. The molecule has 1 aliphatic rings. The largest absolute Gasteiger partial charge is 0.466 e. The molecule has 0 bridgehead atoms. The molecule has 1 atom stereocenters. The van der Waals surface area contributed by atoms with Crippen molar-refractivity contribution in [1.29, 1.82) is 0 Å². The van der Waals surface area contributed by atoms with Crippen molar-refractivity contribution < 1.29 is 14.3 Å². The first-order chi connectivity index (χ1) is 13.0. The van der Waals surface area contributed by atoms with Crippen LogP contribution in [0.4, 0.5) is 0 Å². The molecule has 1 saturated heterocycles. The Hall–Kier alpha value is -2.34. The summed E-state index contributed by atoms with van der Waals surface area (Å²) in [6.07, 6.45) is 1.51. The molecular formula is C20H24ClN3O3. The molecule has 1 aromatic heterocycles. The zero-order valence-electron chi connectivity index (χ0n) is 15.7. The van der Waals surface area contributed by atoms with Gasteiger partial charge in [-0.1, -0.05) is 41.9 Å². The number of hydrogen-bond donors (Lipinski definition) is 0. The van der Waals surface area contributed by atoms with Gasteiger partial charge in [-0.3, -0.25) is 9.59 Å². The number of aryl methyl sites for hydroxylation is 1. The van der Waals surface area contributed by atoms with Crippen LogP contribution in [-0.4, -0.2) is 46.3 Å². The highest BCUT2D eigenvalue weighted by atomic mass is 35.5. The zero-order chi connectivity index (χ0) is 19.4. The van der Waals surface area contributed by atoms with Gasteiger partial charge in [0.05, 0.1) is 30.3 Å². The highest BCUT2D eigenvalue weighted by Gasteiger charge is 2.32. The summed E-state index contributed by atoms with van der Waals surface area (Å²) < 4.78 is 6.76. The third-order valence-corrected chi connectivity index (χ3v) is 5.17. The molecule has 0 radical (unpaired) electrons. The number of nitrogens with zero attached hydrogens (tertiary/aromatic N) is 3. The number of piperidine rings is 1. The molecule has 0 spiro atoms. The Morgan fingerprint density at radius 1 is 1.30 bits per heavy atom. The van der Waals surface area contributed by atoms with Crippen LogP contribution < -0.4 is 0 Å². The molecule has 6 nitrogen and oxygen atoms in total. The average Bonchev–Trinajstić information content (AvgIpc) is 2.95. The van der Waals surface area contributed by atoms with Gasteiger partial charge in [0, 0.05) is 13.1 Å². The van der Waals surface area contributed by atoms with Crippen molar-refractivity contribution in [2.24, 2.45) is 5.92 Å². The summed E-state index contributed by atoms with van der Waals surface area (Å²) in [6.45, 7) is 5.38. The molecule has 1 unspecified atom stereocenters. The van der Waals surface area contributed by atoms with Crippen molar-refractivity contribution in [2.75, 3.05) is 19.7 Å². The van der Waals surface area contributed by atoms with Gasteiger partial charge >= 0.3 is 5.97 Å². The van der Waals surface area contributed by atoms with E-state index in [0.717, 1.165) is 18.4 Å². The van der Waals surface area contributed by atoms with Gasteiger partial charge in [0.15, 0.2) is 0 Å². The van der Waals surface area contributed by atoms with Crippen LogP contribution in [0.3, 0.4) is 0 Å². The van der Waals surface area contributed by atoms with Gasteiger partial charge < -0.3 is 9.64 Å². The van der Waals surface area contributed by atoms with E-state index in [0.29, 0.717) is 42.7 Å². The molecule has 144 valence electrons. The van der Waals surface area contributed by atoms with E-state index in [9.17, 15) is 9.59 Å². The lowest BCUT2D eigenvalue weighted by Gasteiger charge is -2.31. The number of halogens is 1. The van der Waals surface area contributed by atoms with E-state index in [4.69, 9.17) is 16.3 Å². The fourth-order valence-electron chi connectivity index (χ4n) is 3.43. The Morgan fingerprint density at radius 3 is 2.74 bits per heavy atom. The third kappa shape index (κ3) is 4.33. The van der Waals surface area contributed by atoms with Crippen molar-refractivity contribution in [1.82, 2.24) is 14.7 Å². The van der Waals surface area contributed by atoms with Crippen molar-refractivity contribution in [3.05, 3.63) is 52.3 Å². The van der Waals surface area contributed by atoms with E-state index in [-0.39, 0.29) is 17.8 Å². The molecule has 7 heteroatoms. The van der Waals surface area contributed by atoms with E-state index in [1.807, 2.05) is 30.3 Å². The lowest BCUT2D eigenvalue weighted by Crippen LogP contribution is -2.43. The van der Waals surface area contributed by atoms with Gasteiger partial charge in [-0.05, 0) is 32.3 Å². The first kappa shape index (κ1) is 19.4. The first-order valence-corrected chi connectivity index (χ1v) is 9.61. The van der Waals surface area contributed by atoms with Gasteiger partial charge in [-0.25, -0.2) is 4.68 Å². The maximum atomic E-state index is 13.1.